The Morgan fingerprint density at radius 3 is 2.31 bits per heavy atom. The van der Waals surface area contributed by atoms with Gasteiger partial charge in [0, 0.05) is 34.9 Å². The Morgan fingerprint density at radius 1 is 0.938 bits per heavy atom. The lowest BCUT2D eigenvalue weighted by molar-refractivity contribution is 0.323. The smallest absolute Gasteiger partial charge is 0.203 e. The number of hydrogen-bond donors (Lipinski definition) is 0. The zero-order chi connectivity index (χ0) is 22.7. The molecule has 0 bridgehead atoms. The quantitative estimate of drug-likeness (QED) is 0.438. The lowest BCUT2D eigenvalue weighted by atomic mass is 10.1. The van der Waals surface area contributed by atoms with E-state index in [2.05, 4.69) is 11.0 Å². The molecule has 0 N–H and O–H groups in total. The summed E-state index contributed by atoms with van der Waals surface area (Å²) in [7, 11) is 4.80. The maximum Gasteiger partial charge on any atom is 0.203 e. The lowest BCUT2D eigenvalue weighted by Gasteiger charge is -2.25. The molecule has 168 valence electrons. The molecule has 1 aliphatic rings. The van der Waals surface area contributed by atoms with Crippen molar-refractivity contribution in [3.63, 3.8) is 0 Å². The summed E-state index contributed by atoms with van der Waals surface area (Å²) in [5, 5.41) is 0.132. The van der Waals surface area contributed by atoms with Gasteiger partial charge in [-0.15, -0.1) is 11.8 Å². The Kier molecular flexibility index (Phi) is 6.74. The van der Waals surface area contributed by atoms with Gasteiger partial charge >= 0.3 is 0 Å². The summed E-state index contributed by atoms with van der Waals surface area (Å²) in [6.07, 6.45) is 0.820. The zero-order valence-electron chi connectivity index (χ0n) is 18.2. The van der Waals surface area contributed by atoms with E-state index < -0.39 is 11.6 Å². The van der Waals surface area contributed by atoms with E-state index in [0.717, 1.165) is 28.6 Å². The van der Waals surface area contributed by atoms with E-state index in [1.165, 1.54) is 12.1 Å². The van der Waals surface area contributed by atoms with Gasteiger partial charge in [0.25, 0.3) is 0 Å². The van der Waals surface area contributed by atoms with Crippen LogP contribution in [0.3, 0.4) is 0 Å². The summed E-state index contributed by atoms with van der Waals surface area (Å²) in [4.78, 5) is 3.25. The summed E-state index contributed by atoms with van der Waals surface area (Å²) in [6.45, 7) is 1.08. The fourth-order valence-electron chi connectivity index (χ4n) is 3.97. The van der Waals surface area contributed by atoms with Crippen molar-refractivity contribution >= 4 is 17.4 Å². The van der Waals surface area contributed by atoms with E-state index in [4.69, 9.17) is 14.2 Å². The Morgan fingerprint density at radius 2 is 1.66 bits per heavy atom. The third kappa shape index (κ3) is 4.48. The largest absolute Gasteiger partial charge is 0.493 e. The highest BCUT2D eigenvalue weighted by Gasteiger charge is 2.26. The maximum atomic E-state index is 14.4. The molecule has 3 aromatic carbocycles. The number of rotatable bonds is 6. The van der Waals surface area contributed by atoms with Crippen molar-refractivity contribution in [3.8, 4) is 17.2 Å². The molecule has 1 heterocycles. The summed E-state index contributed by atoms with van der Waals surface area (Å²) in [5.41, 5.74) is 2.57. The highest BCUT2D eigenvalue weighted by Crippen LogP contribution is 2.48. The van der Waals surface area contributed by atoms with Crippen LogP contribution in [0.4, 0.5) is 14.5 Å². The minimum Gasteiger partial charge on any atom is -0.493 e. The molecule has 1 unspecified atom stereocenters. The number of ether oxygens (including phenoxy) is 3. The monoisotopic (exact) mass is 457 g/mol. The molecule has 0 saturated carbocycles. The van der Waals surface area contributed by atoms with E-state index >= 15 is 0 Å². The molecule has 1 atom stereocenters. The van der Waals surface area contributed by atoms with Gasteiger partial charge in [0.2, 0.25) is 5.75 Å². The number of para-hydroxylation sites is 1. The van der Waals surface area contributed by atoms with E-state index in [1.54, 1.807) is 33.1 Å². The SMILES string of the molecule is COc1cc(C2CCN(Cc3ccc(F)cc3F)c3ccccc3S2)cc(OC)c1OC. The Hall–Kier alpha value is -2.93. The van der Waals surface area contributed by atoms with Crippen molar-refractivity contribution in [3.05, 3.63) is 77.4 Å². The summed E-state index contributed by atoms with van der Waals surface area (Å²) < 4.78 is 44.2. The molecule has 0 saturated heterocycles. The molecule has 32 heavy (non-hydrogen) atoms. The minimum absolute atomic E-state index is 0.132. The summed E-state index contributed by atoms with van der Waals surface area (Å²) >= 11 is 1.76. The number of anilines is 1. The molecule has 3 aromatic rings. The van der Waals surface area contributed by atoms with Crippen molar-refractivity contribution in [1.29, 1.82) is 0 Å². The average Bonchev–Trinajstić information content (AvgIpc) is 2.99. The van der Waals surface area contributed by atoms with E-state index in [0.29, 0.717) is 35.9 Å². The van der Waals surface area contributed by atoms with Crippen LogP contribution < -0.4 is 19.1 Å². The Bertz CT molecular complexity index is 1080. The van der Waals surface area contributed by atoms with Crippen LogP contribution in [0.15, 0.2) is 59.5 Å². The number of nitrogens with zero attached hydrogens (tertiary/aromatic N) is 1. The number of methoxy groups -OCH3 is 3. The molecule has 4 rings (SSSR count). The molecular weight excluding hydrogens is 432 g/mol. The van der Waals surface area contributed by atoms with Crippen molar-refractivity contribution in [2.45, 2.75) is 23.1 Å². The fourth-order valence-corrected chi connectivity index (χ4v) is 5.24. The van der Waals surface area contributed by atoms with Crippen LogP contribution in [0.2, 0.25) is 0 Å². The zero-order valence-corrected chi connectivity index (χ0v) is 19.0. The van der Waals surface area contributed by atoms with Gasteiger partial charge in [-0.1, -0.05) is 18.2 Å². The second-order valence-corrected chi connectivity index (χ2v) is 8.72. The molecule has 0 radical (unpaired) electrons. The van der Waals surface area contributed by atoms with Crippen LogP contribution >= 0.6 is 11.8 Å². The number of hydrogen-bond acceptors (Lipinski definition) is 5. The van der Waals surface area contributed by atoms with Gasteiger partial charge in [0.1, 0.15) is 11.6 Å². The highest BCUT2D eigenvalue weighted by atomic mass is 32.2. The van der Waals surface area contributed by atoms with Gasteiger partial charge in [-0.2, -0.15) is 0 Å². The van der Waals surface area contributed by atoms with Gasteiger partial charge in [0.15, 0.2) is 11.5 Å². The van der Waals surface area contributed by atoms with Crippen LogP contribution in [-0.2, 0) is 6.54 Å². The second kappa shape index (κ2) is 9.69. The molecule has 4 nitrogen and oxygen atoms in total. The molecule has 0 amide bonds. The van der Waals surface area contributed by atoms with Crippen molar-refractivity contribution < 1.29 is 23.0 Å². The van der Waals surface area contributed by atoms with Crippen LogP contribution in [0.1, 0.15) is 22.8 Å². The molecule has 1 aliphatic heterocycles. The van der Waals surface area contributed by atoms with Gasteiger partial charge in [0.05, 0.1) is 27.0 Å². The Labute approximate surface area is 191 Å². The standard InChI is InChI=1S/C25H25F2NO3S/c1-29-21-12-17(13-22(30-2)25(21)31-3)23-10-11-28(20-6-4-5-7-24(20)32-23)15-16-8-9-18(26)14-19(16)27/h4-9,12-14,23H,10-11,15H2,1-3H3. The molecule has 7 heteroatoms. The van der Waals surface area contributed by atoms with Gasteiger partial charge < -0.3 is 19.1 Å². The fraction of sp³-hybridized carbons (Fsp3) is 0.280. The predicted octanol–water partition coefficient (Wildman–Crippen LogP) is 6.23. The van der Waals surface area contributed by atoms with Crippen LogP contribution in [-0.4, -0.2) is 27.9 Å². The van der Waals surface area contributed by atoms with E-state index in [1.807, 2.05) is 30.3 Å². The third-order valence-corrected chi connectivity index (χ3v) is 6.96. The van der Waals surface area contributed by atoms with Crippen LogP contribution in [0.5, 0.6) is 17.2 Å². The molecule has 0 spiro atoms. The van der Waals surface area contributed by atoms with Crippen LogP contribution in [0.25, 0.3) is 0 Å². The third-order valence-electron chi connectivity index (χ3n) is 5.57. The normalized spacial score (nSPS) is 15.7. The Balaban J connectivity index is 1.67. The molecule has 0 fully saturated rings. The lowest BCUT2D eigenvalue weighted by Crippen LogP contribution is -2.24. The first-order valence-electron chi connectivity index (χ1n) is 10.3. The topological polar surface area (TPSA) is 30.9 Å². The first-order chi connectivity index (χ1) is 15.5. The number of thioether (sulfide) groups is 1. The van der Waals surface area contributed by atoms with Crippen LogP contribution in [0, 0.1) is 11.6 Å². The molecule has 0 aliphatic carbocycles. The maximum absolute atomic E-state index is 14.4. The molecular formula is C25H25F2NO3S. The highest BCUT2D eigenvalue weighted by molar-refractivity contribution is 7.99. The number of fused-ring (bicyclic) bond motifs is 1. The predicted molar refractivity (Wildman–Crippen MR) is 123 cm³/mol. The van der Waals surface area contributed by atoms with E-state index in [-0.39, 0.29) is 5.25 Å². The molecule has 0 aromatic heterocycles. The van der Waals surface area contributed by atoms with Crippen molar-refractivity contribution in [2.24, 2.45) is 0 Å². The first-order valence-corrected chi connectivity index (χ1v) is 11.2. The van der Waals surface area contributed by atoms with Gasteiger partial charge in [-0.3, -0.25) is 0 Å². The first kappa shape index (κ1) is 22.3. The number of halogens is 2. The number of benzene rings is 3. The summed E-state index contributed by atoms with van der Waals surface area (Å²) in [5.74, 6) is 0.697. The van der Waals surface area contributed by atoms with Gasteiger partial charge in [-0.25, -0.2) is 8.78 Å². The van der Waals surface area contributed by atoms with Gasteiger partial charge in [-0.05, 0) is 42.3 Å². The van der Waals surface area contributed by atoms with Crippen molar-refractivity contribution in [2.75, 3.05) is 32.8 Å². The summed E-state index contributed by atoms with van der Waals surface area (Å²) in [6, 6.07) is 15.8. The average molecular weight is 458 g/mol. The minimum atomic E-state index is -0.569. The van der Waals surface area contributed by atoms with Crippen molar-refractivity contribution in [1.82, 2.24) is 0 Å². The van der Waals surface area contributed by atoms with E-state index in [9.17, 15) is 8.78 Å². The second-order valence-electron chi connectivity index (χ2n) is 7.48.